The van der Waals surface area contributed by atoms with Gasteiger partial charge in [-0.3, -0.25) is 14.9 Å². The van der Waals surface area contributed by atoms with Gasteiger partial charge in [0.1, 0.15) is 29.2 Å². The lowest BCUT2D eigenvalue weighted by Gasteiger charge is -2.29. The predicted octanol–water partition coefficient (Wildman–Crippen LogP) is 4.54. The second kappa shape index (κ2) is 6.53. The summed E-state index contributed by atoms with van der Waals surface area (Å²) in [4.78, 5) is 23.8. The van der Waals surface area contributed by atoms with E-state index in [9.17, 15) is 14.9 Å². The summed E-state index contributed by atoms with van der Waals surface area (Å²) in [5.74, 6) is 0.108. The normalized spacial score (nSPS) is 20.6. The van der Waals surface area contributed by atoms with E-state index in [0.29, 0.717) is 5.75 Å². The molecular weight excluding hydrogens is 384 g/mol. The van der Waals surface area contributed by atoms with E-state index in [-0.39, 0.29) is 35.9 Å². The predicted molar refractivity (Wildman–Crippen MR) is 112 cm³/mol. The molecule has 0 spiro atoms. The molecule has 0 radical (unpaired) electrons. The molecule has 1 N–H and O–H groups in total. The number of ether oxygens (including phenoxy) is 2. The van der Waals surface area contributed by atoms with E-state index in [1.165, 1.54) is 6.07 Å². The Labute approximate surface area is 172 Å². The maximum atomic E-state index is 12.7. The molecule has 2 unspecified atom stereocenters. The number of nitro benzene ring substituents is 1. The number of carbonyl (C=O) groups is 1. The lowest BCUT2D eigenvalue weighted by molar-refractivity contribution is -0.384. The van der Waals surface area contributed by atoms with Crippen molar-refractivity contribution in [2.24, 2.45) is 0 Å². The molecule has 2 aliphatic rings. The highest BCUT2D eigenvalue weighted by Crippen LogP contribution is 2.55. The molecule has 2 heterocycles. The number of carbonyl (C=O) groups excluding carboxylic acids is 1. The highest BCUT2D eigenvalue weighted by atomic mass is 16.6. The van der Waals surface area contributed by atoms with Crippen molar-refractivity contribution in [3.63, 3.8) is 0 Å². The first kappa shape index (κ1) is 18.6. The summed E-state index contributed by atoms with van der Waals surface area (Å²) in [6, 6.07) is 16.7. The number of hydrogen-bond acceptors (Lipinski definition) is 5. The number of nitrogens with one attached hydrogen (secondary N) is 1. The van der Waals surface area contributed by atoms with Crippen molar-refractivity contribution in [1.82, 2.24) is 0 Å². The zero-order chi connectivity index (χ0) is 21.0. The van der Waals surface area contributed by atoms with Gasteiger partial charge in [-0.15, -0.1) is 0 Å². The van der Waals surface area contributed by atoms with Gasteiger partial charge in [0.05, 0.1) is 17.4 Å². The van der Waals surface area contributed by atoms with Gasteiger partial charge in [-0.1, -0.05) is 42.5 Å². The minimum Gasteiger partial charge on any atom is -0.484 e. The Balaban J connectivity index is 1.41. The van der Waals surface area contributed by atoms with Gasteiger partial charge in [-0.05, 0) is 36.2 Å². The van der Waals surface area contributed by atoms with Crippen LogP contribution in [0.25, 0.3) is 10.8 Å². The average Bonchev–Trinajstić information content (AvgIpc) is 3.50. The molecule has 1 fully saturated rings. The monoisotopic (exact) mass is 404 g/mol. The molecule has 0 aliphatic carbocycles. The number of amides is 1. The van der Waals surface area contributed by atoms with E-state index in [1.807, 2.05) is 56.3 Å². The second-order valence-corrected chi connectivity index (χ2v) is 8.25. The standard InChI is InChI=1S/C23H20N2O5/c1-23(2)22-21(29-22)16-11-17(18(25(27)28)12-19(16)30-23)24-20(26)10-13-7-8-14-5-3-4-6-15(14)9-13/h3-9,11-12,21-22H,10H2,1-2H3,(H,24,26). The maximum absolute atomic E-state index is 12.7. The van der Waals surface area contributed by atoms with Gasteiger partial charge in [0.2, 0.25) is 5.91 Å². The summed E-state index contributed by atoms with van der Waals surface area (Å²) in [6.45, 7) is 3.79. The summed E-state index contributed by atoms with van der Waals surface area (Å²) in [5, 5.41) is 16.5. The topological polar surface area (TPSA) is 94.0 Å². The number of fused-ring (bicyclic) bond motifs is 4. The molecule has 30 heavy (non-hydrogen) atoms. The van der Waals surface area contributed by atoms with Crippen LogP contribution >= 0.6 is 0 Å². The molecule has 0 aromatic heterocycles. The van der Waals surface area contributed by atoms with Crippen LogP contribution < -0.4 is 10.1 Å². The molecule has 1 amide bonds. The van der Waals surface area contributed by atoms with Crippen LogP contribution in [0.4, 0.5) is 11.4 Å². The summed E-state index contributed by atoms with van der Waals surface area (Å²) in [7, 11) is 0. The lowest BCUT2D eigenvalue weighted by Crippen LogP contribution is -2.37. The first-order chi connectivity index (χ1) is 14.3. The number of nitro groups is 1. The first-order valence-corrected chi connectivity index (χ1v) is 9.76. The van der Waals surface area contributed by atoms with E-state index in [2.05, 4.69) is 5.32 Å². The molecule has 2 atom stereocenters. The molecule has 0 bridgehead atoms. The molecule has 3 aromatic carbocycles. The summed E-state index contributed by atoms with van der Waals surface area (Å²) >= 11 is 0. The maximum Gasteiger partial charge on any atom is 0.296 e. The van der Waals surface area contributed by atoms with Crippen LogP contribution in [0.1, 0.15) is 31.1 Å². The summed E-state index contributed by atoms with van der Waals surface area (Å²) in [6.07, 6.45) is -0.140. The molecule has 7 heteroatoms. The van der Waals surface area contributed by atoms with Gasteiger partial charge < -0.3 is 14.8 Å². The number of epoxide rings is 1. The molecule has 0 saturated carbocycles. The number of anilines is 1. The number of nitrogens with zero attached hydrogens (tertiary/aromatic N) is 1. The molecule has 2 aliphatic heterocycles. The molecular formula is C23H20N2O5. The Bertz CT molecular complexity index is 1200. The van der Waals surface area contributed by atoms with E-state index in [1.54, 1.807) is 6.07 Å². The molecule has 152 valence electrons. The largest absolute Gasteiger partial charge is 0.484 e. The minimum atomic E-state index is -0.549. The molecule has 1 saturated heterocycles. The van der Waals surface area contributed by atoms with Crippen LogP contribution in [0.3, 0.4) is 0 Å². The summed E-state index contributed by atoms with van der Waals surface area (Å²) < 4.78 is 11.6. The first-order valence-electron chi connectivity index (χ1n) is 9.76. The van der Waals surface area contributed by atoms with Gasteiger partial charge >= 0.3 is 0 Å². The van der Waals surface area contributed by atoms with Crippen molar-refractivity contribution in [2.45, 2.75) is 38.1 Å². The Morgan fingerprint density at radius 2 is 1.90 bits per heavy atom. The van der Waals surface area contributed by atoms with Crippen molar-refractivity contribution in [3.05, 3.63) is 75.8 Å². The molecule has 7 nitrogen and oxygen atoms in total. The third-order valence-corrected chi connectivity index (χ3v) is 5.63. The fourth-order valence-corrected chi connectivity index (χ4v) is 4.10. The van der Waals surface area contributed by atoms with Crippen LogP contribution in [0, 0.1) is 10.1 Å². The van der Waals surface area contributed by atoms with Crippen molar-refractivity contribution < 1.29 is 19.2 Å². The quantitative estimate of drug-likeness (QED) is 0.391. The Morgan fingerprint density at radius 3 is 2.67 bits per heavy atom. The second-order valence-electron chi connectivity index (χ2n) is 8.25. The fraction of sp³-hybridized carbons (Fsp3) is 0.261. The van der Waals surface area contributed by atoms with Crippen LogP contribution in [-0.4, -0.2) is 22.5 Å². The third-order valence-electron chi connectivity index (χ3n) is 5.63. The van der Waals surface area contributed by atoms with Crippen molar-refractivity contribution >= 4 is 28.1 Å². The zero-order valence-electron chi connectivity index (χ0n) is 16.5. The summed E-state index contributed by atoms with van der Waals surface area (Å²) in [5.41, 5.74) is 0.970. The lowest BCUT2D eigenvalue weighted by atomic mass is 9.93. The fourth-order valence-electron chi connectivity index (χ4n) is 4.10. The smallest absolute Gasteiger partial charge is 0.296 e. The highest BCUT2D eigenvalue weighted by molar-refractivity contribution is 5.95. The van der Waals surface area contributed by atoms with E-state index >= 15 is 0 Å². The Kier molecular flexibility index (Phi) is 4.04. The third kappa shape index (κ3) is 3.17. The Morgan fingerprint density at radius 1 is 1.13 bits per heavy atom. The van der Waals surface area contributed by atoms with Crippen LogP contribution in [-0.2, 0) is 16.0 Å². The van der Waals surface area contributed by atoms with E-state index < -0.39 is 10.5 Å². The van der Waals surface area contributed by atoms with E-state index in [0.717, 1.165) is 21.9 Å². The van der Waals surface area contributed by atoms with Gasteiger partial charge in [0.15, 0.2) is 0 Å². The van der Waals surface area contributed by atoms with Crippen molar-refractivity contribution in [2.75, 3.05) is 5.32 Å². The Hall–Kier alpha value is -3.45. The number of benzene rings is 3. The number of hydrogen-bond donors (Lipinski definition) is 1. The van der Waals surface area contributed by atoms with Crippen LogP contribution in [0.2, 0.25) is 0 Å². The van der Waals surface area contributed by atoms with Gasteiger partial charge in [0.25, 0.3) is 5.69 Å². The van der Waals surface area contributed by atoms with Crippen LogP contribution in [0.15, 0.2) is 54.6 Å². The molecule has 3 aromatic rings. The van der Waals surface area contributed by atoms with E-state index in [4.69, 9.17) is 9.47 Å². The van der Waals surface area contributed by atoms with Gasteiger partial charge in [0, 0.05) is 5.56 Å². The van der Waals surface area contributed by atoms with Crippen molar-refractivity contribution in [3.8, 4) is 5.75 Å². The highest BCUT2D eigenvalue weighted by Gasteiger charge is 2.57. The van der Waals surface area contributed by atoms with Crippen molar-refractivity contribution in [1.29, 1.82) is 0 Å². The number of rotatable bonds is 4. The van der Waals surface area contributed by atoms with Gasteiger partial charge in [-0.2, -0.15) is 0 Å². The van der Waals surface area contributed by atoms with Crippen LogP contribution in [0.5, 0.6) is 5.75 Å². The SMILES string of the molecule is CC1(C)Oc2cc([N+](=O)[O-])c(NC(=O)Cc3ccc4ccccc4c3)cc2C2OC21. The average molecular weight is 404 g/mol. The zero-order valence-corrected chi connectivity index (χ0v) is 16.5. The minimum absolute atomic E-state index is 0.0902. The van der Waals surface area contributed by atoms with Gasteiger partial charge in [-0.25, -0.2) is 0 Å². The molecule has 5 rings (SSSR count).